The van der Waals surface area contributed by atoms with Crippen molar-refractivity contribution in [3.63, 3.8) is 0 Å². The van der Waals surface area contributed by atoms with E-state index in [4.69, 9.17) is 4.55 Å². The van der Waals surface area contributed by atoms with Gasteiger partial charge in [0, 0.05) is 26.5 Å². The third kappa shape index (κ3) is 1.46. The third-order valence-corrected chi connectivity index (χ3v) is 2.70. The molecule has 0 radical (unpaired) electrons. The normalized spacial score (nSPS) is 19.9. The number of nitrogens with zero attached hydrogens (tertiary/aromatic N) is 2. The van der Waals surface area contributed by atoms with Crippen LogP contribution in [0.2, 0.25) is 0 Å². The van der Waals surface area contributed by atoms with Gasteiger partial charge in [-0.3, -0.25) is 4.55 Å². The maximum Gasteiger partial charge on any atom is 0.306 e. The van der Waals surface area contributed by atoms with E-state index in [0.717, 1.165) is 0 Å². The Hall–Kier alpha value is -0.750. The standard InChI is InChI=1S/C5H10N2O3S/c1-6-3-4-7(2)5(6)11(8,9)10/h3-5H,1-2H3,(H,8,9,10). The first-order chi connectivity index (χ1) is 4.93. The van der Waals surface area contributed by atoms with Gasteiger partial charge in [-0.15, -0.1) is 0 Å². The molecule has 64 valence electrons. The van der Waals surface area contributed by atoms with E-state index in [9.17, 15) is 8.42 Å². The summed E-state index contributed by atoms with van der Waals surface area (Å²) in [6.45, 7) is 0. The van der Waals surface area contributed by atoms with E-state index in [1.165, 1.54) is 9.80 Å². The summed E-state index contributed by atoms with van der Waals surface area (Å²) in [7, 11) is -0.848. The van der Waals surface area contributed by atoms with Crippen LogP contribution in [0.1, 0.15) is 0 Å². The van der Waals surface area contributed by atoms with E-state index in [2.05, 4.69) is 0 Å². The van der Waals surface area contributed by atoms with Crippen LogP contribution < -0.4 is 0 Å². The van der Waals surface area contributed by atoms with E-state index in [1.54, 1.807) is 26.5 Å². The molecule has 0 bridgehead atoms. The van der Waals surface area contributed by atoms with Crippen molar-refractivity contribution in [2.75, 3.05) is 14.1 Å². The molecular formula is C5H10N2O3S. The molecule has 0 unspecified atom stereocenters. The Kier molecular flexibility index (Phi) is 1.81. The fourth-order valence-corrected chi connectivity index (χ4v) is 2.05. The summed E-state index contributed by atoms with van der Waals surface area (Å²) in [5.41, 5.74) is -0.970. The zero-order valence-corrected chi connectivity index (χ0v) is 7.11. The molecule has 1 aliphatic rings. The Labute approximate surface area is 65.7 Å². The molecule has 0 amide bonds. The Morgan fingerprint density at radius 3 is 1.82 bits per heavy atom. The zero-order chi connectivity index (χ0) is 8.65. The topological polar surface area (TPSA) is 60.9 Å². The second kappa shape index (κ2) is 2.38. The first kappa shape index (κ1) is 8.35. The average molecular weight is 178 g/mol. The van der Waals surface area contributed by atoms with Gasteiger partial charge in [0.05, 0.1) is 0 Å². The molecule has 11 heavy (non-hydrogen) atoms. The first-order valence-corrected chi connectivity index (χ1v) is 4.52. The largest absolute Gasteiger partial charge is 0.345 e. The van der Waals surface area contributed by atoms with Crippen LogP contribution >= 0.6 is 0 Å². The summed E-state index contributed by atoms with van der Waals surface area (Å²) in [6.07, 6.45) is 3.16. The van der Waals surface area contributed by atoms with Gasteiger partial charge in [0.1, 0.15) is 0 Å². The fraction of sp³-hybridized carbons (Fsp3) is 0.600. The molecule has 1 N–H and O–H groups in total. The van der Waals surface area contributed by atoms with Gasteiger partial charge >= 0.3 is 10.1 Å². The van der Waals surface area contributed by atoms with Crippen LogP contribution in [0.3, 0.4) is 0 Å². The van der Waals surface area contributed by atoms with Gasteiger partial charge in [-0.25, -0.2) is 0 Å². The molecule has 5 nitrogen and oxygen atoms in total. The quantitative estimate of drug-likeness (QED) is 0.549. The van der Waals surface area contributed by atoms with Crippen molar-refractivity contribution in [1.29, 1.82) is 0 Å². The Balaban J connectivity index is 2.91. The van der Waals surface area contributed by atoms with Gasteiger partial charge in [0.2, 0.25) is 5.50 Å². The van der Waals surface area contributed by atoms with Crippen LogP contribution in [-0.4, -0.2) is 42.4 Å². The van der Waals surface area contributed by atoms with Gasteiger partial charge in [-0.05, 0) is 0 Å². The second-order valence-corrected chi connectivity index (χ2v) is 3.92. The first-order valence-electron chi connectivity index (χ1n) is 3.01. The molecule has 0 aromatic rings. The number of hydrogen-bond acceptors (Lipinski definition) is 4. The van der Waals surface area contributed by atoms with Crippen molar-refractivity contribution in [3.8, 4) is 0 Å². The minimum Gasteiger partial charge on any atom is -0.345 e. The van der Waals surface area contributed by atoms with Crippen LogP contribution in [0.4, 0.5) is 0 Å². The molecule has 0 fully saturated rings. The summed E-state index contributed by atoms with van der Waals surface area (Å²) in [5.74, 6) is 0. The number of hydrogen-bond donors (Lipinski definition) is 1. The number of rotatable bonds is 1. The summed E-state index contributed by atoms with van der Waals surface area (Å²) >= 11 is 0. The highest BCUT2D eigenvalue weighted by molar-refractivity contribution is 7.86. The van der Waals surface area contributed by atoms with Crippen molar-refractivity contribution in [3.05, 3.63) is 12.4 Å². The Morgan fingerprint density at radius 2 is 1.64 bits per heavy atom. The lowest BCUT2D eigenvalue weighted by atomic mass is 10.8. The van der Waals surface area contributed by atoms with E-state index < -0.39 is 15.6 Å². The Morgan fingerprint density at radius 1 is 1.27 bits per heavy atom. The van der Waals surface area contributed by atoms with Crippen LogP contribution in [0.15, 0.2) is 12.4 Å². The van der Waals surface area contributed by atoms with E-state index >= 15 is 0 Å². The predicted molar refractivity (Wildman–Crippen MR) is 40.0 cm³/mol. The molecule has 0 aromatic carbocycles. The lowest BCUT2D eigenvalue weighted by Crippen LogP contribution is -2.40. The summed E-state index contributed by atoms with van der Waals surface area (Å²) in [6, 6.07) is 0. The summed E-state index contributed by atoms with van der Waals surface area (Å²) < 4.78 is 30.1. The van der Waals surface area contributed by atoms with Gasteiger partial charge in [0.25, 0.3) is 0 Å². The maximum absolute atomic E-state index is 10.7. The molecule has 0 saturated heterocycles. The highest BCUT2D eigenvalue weighted by atomic mass is 32.2. The third-order valence-electron chi connectivity index (χ3n) is 1.50. The summed E-state index contributed by atoms with van der Waals surface area (Å²) in [5, 5.41) is 0. The molecule has 0 aromatic heterocycles. The lowest BCUT2D eigenvalue weighted by Gasteiger charge is -2.23. The SMILES string of the molecule is CN1C=CN(C)C1S(=O)(=O)O. The predicted octanol–water partition coefficient (Wildman–Crippen LogP) is -0.494. The van der Waals surface area contributed by atoms with Crippen LogP contribution in [0.25, 0.3) is 0 Å². The van der Waals surface area contributed by atoms with E-state index in [1.807, 2.05) is 0 Å². The van der Waals surface area contributed by atoms with Gasteiger partial charge in [-0.2, -0.15) is 8.42 Å². The molecule has 1 heterocycles. The van der Waals surface area contributed by atoms with Crippen LogP contribution in [0, 0.1) is 0 Å². The fourth-order valence-electron chi connectivity index (χ4n) is 1.07. The van der Waals surface area contributed by atoms with Gasteiger partial charge in [-0.1, -0.05) is 0 Å². The molecule has 0 saturated carbocycles. The average Bonchev–Trinajstić information content (AvgIpc) is 2.08. The minimum atomic E-state index is -4.01. The van der Waals surface area contributed by atoms with Crippen molar-refractivity contribution in [2.24, 2.45) is 0 Å². The molecule has 0 atom stereocenters. The zero-order valence-electron chi connectivity index (χ0n) is 6.30. The molecule has 0 aliphatic carbocycles. The molecule has 6 heteroatoms. The lowest BCUT2D eigenvalue weighted by molar-refractivity contribution is 0.265. The van der Waals surface area contributed by atoms with Gasteiger partial charge < -0.3 is 9.80 Å². The van der Waals surface area contributed by atoms with Gasteiger partial charge in [0.15, 0.2) is 0 Å². The van der Waals surface area contributed by atoms with E-state index in [-0.39, 0.29) is 0 Å². The maximum atomic E-state index is 10.7. The monoisotopic (exact) mass is 178 g/mol. The molecular weight excluding hydrogens is 168 g/mol. The molecule has 1 rings (SSSR count). The highest BCUT2D eigenvalue weighted by Gasteiger charge is 2.32. The van der Waals surface area contributed by atoms with Crippen molar-refractivity contribution >= 4 is 10.1 Å². The van der Waals surface area contributed by atoms with Crippen molar-refractivity contribution in [2.45, 2.75) is 5.50 Å². The second-order valence-electron chi connectivity index (χ2n) is 2.47. The molecule has 0 spiro atoms. The minimum absolute atomic E-state index is 0.970. The summed E-state index contributed by atoms with van der Waals surface area (Å²) in [4.78, 5) is 2.82. The van der Waals surface area contributed by atoms with Crippen LogP contribution in [-0.2, 0) is 10.1 Å². The van der Waals surface area contributed by atoms with Crippen molar-refractivity contribution < 1.29 is 13.0 Å². The highest BCUT2D eigenvalue weighted by Crippen LogP contribution is 2.15. The molecule has 1 aliphatic heterocycles. The smallest absolute Gasteiger partial charge is 0.306 e. The van der Waals surface area contributed by atoms with E-state index in [0.29, 0.717) is 0 Å². The van der Waals surface area contributed by atoms with Crippen LogP contribution in [0.5, 0.6) is 0 Å². The van der Waals surface area contributed by atoms with Crippen molar-refractivity contribution in [1.82, 2.24) is 9.80 Å². The Bertz CT molecular complexity index is 259.